The third kappa shape index (κ3) is 4.55. The Morgan fingerprint density at radius 1 is 1.18 bits per heavy atom. The van der Waals surface area contributed by atoms with E-state index in [0.29, 0.717) is 17.2 Å². The first-order valence-corrected chi connectivity index (χ1v) is 9.22. The standard InChI is InChI=1S/C21H22N4O2S/c1-14-4-7-17(20(26)27-3)12-19(14)24-21(28)23-13-16-5-8-18(9-6-16)25-11-10-22-15(25)2/h4-12H,13H2,1-3H3,(H2,23,24,28). The van der Waals surface area contributed by atoms with Gasteiger partial charge in [-0.15, -0.1) is 0 Å². The summed E-state index contributed by atoms with van der Waals surface area (Å²) in [6.45, 7) is 4.50. The van der Waals surface area contributed by atoms with Gasteiger partial charge in [0, 0.05) is 30.3 Å². The number of carbonyl (C=O) groups is 1. The van der Waals surface area contributed by atoms with Crippen molar-refractivity contribution >= 4 is 29.0 Å². The van der Waals surface area contributed by atoms with Gasteiger partial charge in [0.2, 0.25) is 0 Å². The third-order valence-corrected chi connectivity index (χ3v) is 4.65. The first kappa shape index (κ1) is 19.6. The average Bonchev–Trinajstić information content (AvgIpc) is 3.13. The molecule has 0 amide bonds. The fourth-order valence-corrected chi connectivity index (χ4v) is 2.96. The number of benzene rings is 2. The maximum atomic E-state index is 11.7. The van der Waals surface area contributed by atoms with Gasteiger partial charge in [0.15, 0.2) is 5.11 Å². The summed E-state index contributed by atoms with van der Waals surface area (Å²) in [5, 5.41) is 6.81. The van der Waals surface area contributed by atoms with E-state index in [4.69, 9.17) is 17.0 Å². The smallest absolute Gasteiger partial charge is 0.337 e. The zero-order valence-electron chi connectivity index (χ0n) is 16.0. The van der Waals surface area contributed by atoms with E-state index >= 15 is 0 Å². The Labute approximate surface area is 169 Å². The molecule has 0 unspecified atom stereocenters. The lowest BCUT2D eigenvalue weighted by molar-refractivity contribution is 0.0601. The van der Waals surface area contributed by atoms with Crippen LogP contribution in [0.1, 0.15) is 27.3 Å². The molecular weight excluding hydrogens is 372 g/mol. The normalized spacial score (nSPS) is 10.4. The number of nitrogens with zero attached hydrogens (tertiary/aromatic N) is 2. The van der Waals surface area contributed by atoms with Crippen molar-refractivity contribution in [3.8, 4) is 5.69 Å². The number of rotatable bonds is 5. The van der Waals surface area contributed by atoms with Crippen LogP contribution >= 0.6 is 12.2 Å². The number of imidazole rings is 1. The summed E-state index contributed by atoms with van der Waals surface area (Å²) in [4.78, 5) is 15.9. The van der Waals surface area contributed by atoms with E-state index in [0.717, 1.165) is 28.3 Å². The molecule has 7 heteroatoms. The average molecular weight is 395 g/mol. The first-order chi connectivity index (χ1) is 13.5. The molecule has 0 spiro atoms. The zero-order chi connectivity index (χ0) is 20.1. The Morgan fingerprint density at radius 2 is 1.93 bits per heavy atom. The van der Waals surface area contributed by atoms with Gasteiger partial charge in [-0.05, 0) is 61.5 Å². The van der Waals surface area contributed by atoms with Crippen molar-refractivity contribution in [1.82, 2.24) is 14.9 Å². The summed E-state index contributed by atoms with van der Waals surface area (Å²) in [7, 11) is 1.36. The number of ether oxygens (including phenoxy) is 1. The Hall–Kier alpha value is -3.19. The Morgan fingerprint density at radius 3 is 2.57 bits per heavy atom. The summed E-state index contributed by atoms with van der Waals surface area (Å²) in [6.07, 6.45) is 3.72. The highest BCUT2D eigenvalue weighted by molar-refractivity contribution is 7.80. The molecule has 0 radical (unpaired) electrons. The molecule has 2 aromatic carbocycles. The summed E-state index contributed by atoms with van der Waals surface area (Å²) in [5.41, 5.74) is 4.40. The monoisotopic (exact) mass is 394 g/mol. The van der Waals surface area contributed by atoms with Crippen LogP contribution in [0.5, 0.6) is 0 Å². The van der Waals surface area contributed by atoms with E-state index in [2.05, 4.69) is 15.6 Å². The quantitative estimate of drug-likeness (QED) is 0.507. The van der Waals surface area contributed by atoms with Gasteiger partial charge in [-0.1, -0.05) is 18.2 Å². The molecule has 0 aliphatic heterocycles. The van der Waals surface area contributed by atoms with Crippen LogP contribution in [-0.4, -0.2) is 27.7 Å². The van der Waals surface area contributed by atoms with Crippen molar-refractivity contribution in [2.45, 2.75) is 20.4 Å². The molecule has 0 aliphatic rings. The van der Waals surface area contributed by atoms with Crippen LogP contribution < -0.4 is 10.6 Å². The van der Waals surface area contributed by atoms with E-state index in [-0.39, 0.29) is 5.97 Å². The number of esters is 1. The molecule has 28 heavy (non-hydrogen) atoms. The van der Waals surface area contributed by atoms with Crippen molar-refractivity contribution in [3.63, 3.8) is 0 Å². The number of aryl methyl sites for hydroxylation is 2. The van der Waals surface area contributed by atoms with E-state index in [9.17, 15) is 4.79 Å². The molecule has 0 aliphatic carbocycles. The van der Waals surface area contributed by atoms with Gasteiger partial charge in [-0.3, -0.25) is 0 Å². The van der Waals surface area contributed by atoms with E-state index in [1.165, 1.54) is 7.11 Å². The van der Waals surface area contributed by atoms with Crippen LogP contribution in [0.4, 0.5) is 5.69 Å². The minimum absolute atomic E-state index is 0.379. The van der Waals surface area contributed by atoms with Crippen molar-refractivity contribution in [3.05, 3.63) is 77.4 Å². The molecule has 0 saturated heterocycles. The molecule has 2 N–H and O–H groups in total. The van der Waals surface area contributed by atoms with Crippen LogP contribution in [0.2, 0.25) is 0 Å². The fourth-order valence-electron chi connectivity index (χ4n) is 2.78. The second kappa shape index (κ2) is 8.67. The number of carbonyl (C=O) groups excluding carboxylic acids is 1. The van der Waals surface area contributed by atoms with E-state index in [1.807, 2.05) is 54.9 Å². The number of hydrogen-bond acceptors (Lipinski definition) is 4. The highest BCUT2D eigenvalue weighted by Gasteiger charge is 2.09. The molecule has 1 heterocycles. The van der Waals surface area contributed by atoms with Crippen LogP contribution in [-0.2, 0) is 11.3 Å². The number of methoxy groups -OCH3 is 1. The van der Waals surface area contributed by atoms with Gasteiger partial charge in [0.1, 0.15) is 5.82 Å². The van der Waals surface area contributed by atoms with Gasteiger partial charge < -0.3 is 19.9 Å². The maximum absolute atomic E-state index is 11.7. The van der Waals surface area contributed by atoms with Gasteiger partial charge in [-0.25, -0.2) is 9.78 Å². The molecule has 0 atom stereocenters. The van der Waals surface area contributed by atoms with Gasteiger partial charge in [-0.2, -0.15) is 0 Å². The van der Waals surface area contributed by atoms with E-state index in [1.54, 1.807) is 18.3 Å². The zero-order valence-corrected chi connectivity index (χ0v) is 16.8. The molecule has 0 bridgehead atoms. The molecule has 6 nitrogen and oxygen atoms in total. The van der Waals surface area contributed by atoms with Crippen molar-refractivity contribution < 1.29 is 9.53 Å². The first-order valence-electron chi connectivity index (χ1n) is 8.81. The maximum Gasteiger partial charge on any atom is 0.337 e. The van der Waals surface area contributed by atoms with Crippen LogP contribution in [0.3, 0.4) is 0 Å². The van der Waals surface area contributed by atoms with Crippen LogP contribution in [0.15, 0.2) is 54.9 Å². The van der Waals surface area contributed by atoms with E-state index < -0.39 is 0 Å². The topological polar surface area (TPSA) is 68.2 Å². The SMILES string of the molecule is COC(=O)c1ccc(C)c(NC(=S)NCc2ccc(-n3ccnc3C)cc2)c1. The molecule has 3 aromatic rings. The minimum Gasteiger partial charge on any atom is -0.465 e. The highest BCUT2D eigenvalue weighted by atomic mass is 32.1. The minimum atomic E-state index is -0.379. The summed E-state index contributed by atoms with van der Waals surface area (Å²) < 4.78 is 6.79. The lowest BCUT2D eigenvalue weighted by atomic mass is 10.1. The Balaban J connectivity index is 1.60. The van der Waals surface area contributed by atoms with Crippen LogP contribution in [0, 0.1) is 13.8 Å². The Kier molecular flexibility index (Phi) is 6.06. The predicted octanol–water partition coefficient (Wildman–Crippen LogP) is 3.76. The second-order valence-corrected chi connectivity index (χ2v) is 6.75. The Bertz CT molecular complexity index is 996. The third-order valence-electron chi connectivity index (χ3n) is 4.40. The molecule has 1 aromatic heterocycles. The lowest BCUT2D eigenvalue weighted by Crippen LogP contribution is -2.28. The van der Waals surface area contributed by atoms with Gasteiger partial charge in [0.05, 0.1) is 12.7 Å². The number of thiocarbonyl (C=S) groups is 1. The summed E-state index contributed by atoms with van der Waals surface area (Å²) in [6, 6.07) is 13.5. The van der Waals surface area contributed by atoms with Crippen LogP contribution in [0.25, 0.3) is 5.69 Å². The largest absolute Gasteiger partial charge is 0.465 e. The van der Waals surface area contributed by atoms with Crippen molar-refractivity contribution in [2.75, 3.05) is 12.4 Å². The van der Waals surface area contributed by atoms with Crippen molar-refractivity contribution in [2.24, 2.45) is 0 Å². The van der Waals surface area contributed by atoms with Gasteiger partial charge in [0.25, 0.3) is 0 Å². The molecule has 144 valence electrons. The summed E-state index contributed by atoms with van der Waals surface area (Å²) >= 11 is 5.39. The second-order valence-electron chi connectivity index (χ2n) is 6.34. The number of nitrogens with one attached hydrogen (secondary N) is 2. The summed E-state index contributed by atoms with van der Waals surface area (Å²) in [5.74, 6) is 0.566. The number of aromatic nitrogens is 2. The predicted molar refractivity (Wildman–Crippen MR) is 114 cm³/mol. The molecule has 0 saturated carbocycles. The molecule has 0 fully saturated rings. The fraction of sp³-hybridized carbons (Fsp3) is 0.190. The highest BCUT2D eigenvalue weighted by Crippen LogP contribution is 2.18. The lowest BCUT2D eigenvalue weighted by Gasteiger charge is -2.14. The number of hydrogen-bond donors (Lipinski definition) is 2. The molecule has 3 rings (SSSR count). The van der Waals surface area contributed by atoms with Gasteiger partial charge >= 0.3 is 5.97 Å². The van der Waals surface area contributed by atoms with Crippen molar-refractivity contribution in [1.29, 1.82) is 0 Å². The number of anilines is 1. The molecular formula is C21H22N4O2S.